The Morgan fingerprint density at radius 1 is 1.12 bits per heavy atom. The van der Waals surface area contributed by atoms with Crippen LogP contribution in [0.25, 0.3) is 0 Å². The number of hydrogen-bond acceptors (Lipinski definition) is 4. The van der Waals surface area contributed by atoms with E-state index in [2.05, 4.69) is 11.8 Å². The van der Waals surface area contributed by atoms with E-state index >= 15 is 0 Å². The average Bonchev–Trinajstić information content (AvgIpc) is 3.11. The van der Waals surface area contributed by atoms with Crippen molar-refractivity contribution in [3.8, 4) is 0 Å². The normalized spacial score (nSPS) is 21.4. The maximum absolute atomic E-state index is 12.9. The third-order valence-corrected chi connectivity index (χ3v) is 6.16. The fourth-order valence-corrected chi connectivity index (χ4v) is 4.45. The molecule has 26 heavy (non-hydrogen) atoms. The summed E-state index contributed by atoms with van der Waals surface area (Å²) in [5.41, 5.74) is 0.552. The second-order valence-corrected chi connectivity index (χ2v) is 7.95. The number of piperazine rings is 1. The van der Waals surface area contributed by atoms with Crippen LogP contribution >= 0.6 is 11.6 Å². The van der Waals surface area contributed by atoms with Gasteiger partial charge in [0.15, 0.2) is 0 Å². The van der Waals surface area contributed by atoms with Crippen LogP contribution in [0.5, 0.6) is 0 Å². The Hall–Kier alpha value is -1.59. The van der Waals surface area contributed by atoms with Crippen molar-refractivity contribution in [3.63, 3.8) is 0 Å². The van der Waals surface area contributed by atoms with Gasteiger partial charge in [-0.3, -0.25) is 9.69 Å². The Labute approximate surface area is 160 Å². The molecule has 1 saturated heterocycles. The molecular formula is C20H27ClN2O3. The monoisotopic (exact) mass is 378 g/mol. The van der Waals surface area contributed by atoms with Crippen LogP contribution in [0.15, 0.2) is 24.3 Å². The highest BCUT2D eigenvalue weighted by atomic mass is 35.5. The molecule has 1 heterocycles. The molecule has 142 valence electrons. The lowest BCUT2D eigenvalue weighted by Crippen LogP contribution is -2.53. The average molecular weight is 379 g/mol. The van der Waals surface area contributed by atoms with Gasteiger partial charge in [0.2, 0.25) is 5.91 Å². The number of carbonyl (C=O) groups excluding carboxylic acids is 2. The van der Waals surface area contributed by atoms with Crippen LogP contribution in [-0.4, -0.2) is 55.0 Å². The second-order valence-electron chi connectivity index (χ2n) is 7.54. The molecule has 0 N–H and O–H groups in total. The summed E-state index contributed by atoms with van der Waals surface area (Å²) in [5.74, 6) is -0.0531. The van der Waals surface area contributed by atoms with Gasteiger partial charge in [-0.05, 0) is 24.5 Å². The number of esters is 1. The van der Waals surface area contributed by atoms with E-state index in [1.165, 1.54) is 7.11 Å². The van der Waals surface area contributed by atoms with Crippen molar-refractivity contribution in [1.82, 2.24) is 9.80 Å². The molecule has 0 bridgehead atoms. The number of carbonyl (C=O) groups is 2. The number of halogens is 1. The number of amides is 1. The lowest BCUT2D eigenvalue weighted by molar-refractivity contribution is -0.150. The molecule has 1 aliphatic heterocycles. The molecule has 1 atom stereocenters. The molecule has 2 fully saturated rings. The summed E-state index contributed by atoms with van der Waals surface area (Å²) in [6, 6.07) is 6.83. The van der Waals surface area contributed by atoms with Gasteiger partial charge in [-0.2, -0.15) is 0 Å². The van der Waals surface area contributed by atoms with Crippen LogP contribution in [0.3, 0.4) is 0 Å². The maximum atomic E-state index is 12.9. The van der Waals surface area contributed by atoms with Crippen molar-refractivity contribution >= 4 is 23.5 Å². The molecule has 1 amide bonds. The molecule has 1 aromatic rings. The standard InChI is InChI=1S/C20H27ClN2O3/c1-20(9-5-6-10-20)19(25)23-13-11-22(12-14-23)17(18(24)26-2)15-7-3-4-8-16(15)21/h3-4,7-8,17H,5-6,9-14H2,1-2H3. The highest BCUT2D eigenvalue weighted by molar-refractivity contribution is 6.31. The fourth-order valence-electron chi connectivity index (χ4n) is 4.22. The molecule has 1 saturated carbocycles. The van der Waals surface area contributed by atoms with E-state index in [9.17, 15) is 9.59 Å². The highest BCUT2D eigenvalue weighted by Gasteiger charge is 2.41. The summed E-state index contributed by atoms with van der Waals surface area (Å²) in [5, 5.41) is 0.555. The van der Waals surface area contributed by atoms with Crippen molar-refractivity contribution in [2.45, 2.75) is 38.6 Å². The summed E-state index contributed by atoms with van der Waals surface area (Å²) < 4.78 is 5.03. The first kappa shape index (κ1) is 19.2. The third kappa shape index (κ3) is 3.74. The Balaban J connectivity index is 1.71. The number of hydrogen-bond donors (Lipinski definition) is 0. The molecule has 1 aliphatic carbocycles. The van der Waals surface area contributed by atoms with Crippen LogP contribution in [0.2, 0.25) is 5.02 Å². The quantitative estimate of drug-likeness (QED) is 0.754. The minimum Gasteiger partial charge on any atom is -0.468 e. The van der Waals surface area contributed by atoms with E-state index in [0.29, 0.717) is 31.2 Å². The van der Waals surface area contributed by atoms with Gasteiger partial charge >= 0.3 is 5.97 Å². The molecular weight excluding hydrogens is 352 g/mol. The second kappa shape index (κ2) is 7.97. The summed E-state index contributed by atoms with van der Waals surface area (Å²) in [6.07, 6.45) is 4.24. The molecule has 0 spiro atoms. The van der Waals surface area contributed by atoms with Crippen molar-refractivity contribution in [1.29, 1.82) is 0 Å². The molecule has 5 nitrogen and oxygen atoms in total. The number of methoxy groups -OCH3 is 1. The lowest BCUT2D eigenvalue weighted by atomic mass is 9.87. The van der Waals surface area contributed by atoms with E-state index in [0.717, 1.165) is 31.2 Å². The van der Waals surface area contributed by atoms with Gasteiger partial charge in [0.25, 0.3) is 0 Å². The summed E-state index contributed by atoms with van der Waals surface area (Å²) >= 11 is 6.32. The van der Waals surface area contributed by atoms with Gasteiger partial charge in [0, 0.05) is 36.6 Å². The first-order valence-corrected chi connectivity index (χ1v) is 9.70. The molecule has 3 rings (SSSR count). The minimum absolute atomic E-state index is 0.202. The van der Waals surface area contributed by atoms with Crippen LogP contribution in [0.4, 0.5) is 0 Å². The highest BCUT2D eigenvalue weighted by Crippen LogP contribution is 2.39. The number of ether oxygens (including phenoxy) is 1. The van der Waals surface area contributed by atoms with Crippen LogP contribution < -0.4 is 0 Å². The van der Waals surface area contributed by atoms with Crippen molar-refractivity contribution in [2.24, 2.45) is 5.41 Å². The predicted octanol–water partition coefficient (Wildman–Crippen LogP) is 3.28. The largest absolute Gasteiger partial charge is 0.468 e. The maximum Gasteiger partial charge on any atom is 0.327 e. The Bertz CT molecular complexity index is 665. The number of benzene rings is 1. The first-order chi connectivity index (χ1) is 12.5. The number of rotatable bonds is 4. The van der Waals surface area contributed by atoms with Gasteiger partial charge in [-0.15, -0.1) is 0 Å². The Kier molecular flexibility index (Phi) is 5.88. The van der Waals surface area contributed by atoms with E-state index < -0.39 is 6.04 Å². The number of nitrogens with zero attached hydrogens (tertiary/aromatic N) is 2. The van der Waals surface area contributed by atoms with Crippen LogP contribution in [-0.2, 0) is 14.3 Å². The van der Waals surface area contributed by atoms with Crippen molar-refractivity contribution in [2.75, 3.05) is 33.3 Å². The zero-order valence-electron chi connectivity index (χ0n) is 15.5. The summed E-state index contributed by atoms with van der Waals surface area (Å²) in [4.78, 5) is 29.4. The SMILES string of the molecule is COC(=O)C(c1ccccc1Cl)N1CCN(C(=O)C2(C)CCCC2)CC1. The van der Waals surface area contributed by atoms with Crippen molar-refractivity contribution < 1.29 is 14.3 Å². The Morgan fingerprint density at radius 2 is 1.73 bits per heavy atom. The van der Waals surface area contributed by atoms with Gasteiger partial charge in [0.1, 0.15) is 6.04 Å². The van der Waals surface area contributed by atoms with Crippen molar-refractivity contribution in [3.05, 3.63) is 34.9 Å². The lowest BCUT2D eigenvalue weighted by Gasteiger charge is -2.41. The molecule has 0 aromatic heterocycles. The van der Waals surface area contributed by atoms with Gasteiger partial charge in [-0.1, -0.05) is 49.6 Å². The summed E-state index contributed by atoms with van der Waals surface area (Å²) in [7, 11) is 1.40. The zero-order valence-corrected chi connectivity index (χ0v) is 16.3. The van der Waals surface area contributed by atoms with Gasteiger partial charge < -0.3 is 9.64 Å². The molecule has 1 unspecified atom stereocenters. The van der Waals surface area contributed by atoms with Crippen LogP contribution in [0.1, 0.15) is 44.2 Å². The minimum atomic E-state index is -0.534. The van der Waals surface area contributed by atoms with Gasteiger partial charge in [-0.25, -0.2) is 4.79 Å². The zero-order chi connectivity index (χ0) is 18.7. The first-order valence-electron chi connectivity index (χ1n) is 9.32. The molecule has 0 radical (unpaired) electrons. The van der Waals surface area contributed by atoms with E-state index in [1.54, 1.807) is 6.07 Å². The summed E-state index contributed by atoms with van der Waals surface area (Å²) in [6.45, 7) is 4.62. The Morgan fingerprint density at radius 3 is 2.31 bits per heavy atom. The fraction of sp³-hybridized carbons (Fsp3) is 0.600. The van der Waals surface area contributed by atoms with Gasteiger partial charge in [0.05, 0.1) is 7.11 Å². The molecule has 6 heteroatoms. The molecule has 1 aromatic carbocycles. The van der Waals surface area contributed by atoms with E-state index in [4.69, 9.17) is 16.3 Å². The molecule has 2 aliphatic rings. The van der Waals surface area contributed by atoms with E-state index in [1.807, 2.05) is 23.1 Å². The van der Waals surface area contributed by atoms with Crippen LogP contribution in [0, 0.1) is 5.41 Å². The third-order valence-electron chi connectivity index (χ3n) is 5.81. The predicted molar refractivity (Wildman–Crippen MR) is 101 cm³/mol. The topological polar surface area (TPSA) is 49.9 Å². The smallest absolute Gasteiger partial charge is 0.327 e. The van der Waals surface area contributed by atoms with E-state index in [-0.39, 0.29) is 17.3 Å².